The van der Waals surface area contributed by atoms with Crippen molar-refractivity contribution in [2.24, 2.45) is 0 Å². The molecule has 0 aliphatic heterocycles. The molecule has 0 saturated heterocycles. The van der Waals surface area contributed by atoms with E-state index in [-0.39, 0.29) is 6.61 Å². The van der Waals surface area contributed by atoms with Crippen LogP contribution in [0.25, 0.3) is 16.8 Å². The fourth-order valence-corrected chi connectivity index (χ4v) is 2.83. The summed E-state index contributed by atoms with van der Waals surface area (Å²) in [5.41, 5.74) is 2.50. The second-order valence-electron chi connectivity index (χ2n) is 6.09. The number of fused-ring (bicyclic) bond motifs is 1. The van der Waals surface area contributed by atoms with Gasteiger partial charge >= 0.3 is 6.09 Å². The quantitative estimate of drug-likeness (QED) is 0.478. The van der Waals surface area contributed by atoms with Crippen molar-refractivity contribution in [1.29, 1.82) is 0 Å². The fraction of sp³-hybridized carbons (Fsp3) is 0.130. The SMILES string of the molecule is O=Cc1ccc2ccccc2c1C=CCCNC(=O)OCc1ccccc1. The first kappa shape index (κ1) is 18.4. The lowest BCUT2D eigenvalue weighted by Gasteiger charge is -2.07. The molecule has 0 fully saturated rings. The summed E-state index contributed by atoms with van der Waals surface area (Å²) in [5, 5.41) is 4.85. The number of hydrogen-bond donors (Lipinski definition) is 1. The maximum absolute atomic E-state index is 11.7. The van der Waals surface area contributed by atoms with E-state index in [4.69, 9.17) is 4.74 Å². The van der Waals surface area contributed by atoms with Crippen LogP contribution < -0.4 is 5.32 Å². The molecule has 0 aromatic heterocycles. The molecule has 136 valence electrons. The van der Waals surface area contributed by atoms with Crippen LogP contribution in [0.1, 0.15) is 27.9 Å². The number of ether oxygens (including phenoxy) is 1. The monoisotopic (exact) mass is 359 g/mol. The summed E-state index contributed by atoms with van der Waals surface area (Å²) in [7, 11) is 0. The van der Waals surface area contributed by atoms with Crippen molar-refractivity contribution in [2.45, 2.75) is 13.0 Å². The van der Waals surface area contributed by atoms with E-state index in [1.54, 1.807) is 0 Å². The van der Waals surface area contributed by atoms with Crippen molar-refractivity contribution in [2.75, 3.05) is 6.54 Å². The number of rotatable bonds is 7. The first-order valence-corrected chi connectivity index (χ1v) is 8.86. The number of benzene rings is 3. The Morgan fingerprint density at radius 2 is 1.74 bits per heavy atom. The summed E-state index contributed by atoms with van der Waals surface area (Å²) in [4.78, 5) is 23.1. The van der Waals surface area contributed by atoms with Gasteiger partial charge in [0.25, 0.3) is 0 Å². The maximum Gasteiger partial charge on any atom is 0.407 e. The Hall–Kier alpha value is -3.40. The van der Waals surface area contributed by atoms with Crippen molar-refractivity contribution in [3.8, 4) is 0 Å². The number of alkyl carbamates (subject to hydrolysis) is 1. The Balaban J connectivity index is 1.52. The van der Waals surface area contributed by atoms with E-state index >= 15 is 0 Å². The minimum Gasteiger partial charge on any atom is -0.445 e. The first-order valence-electron chi connectivity index (χ1n) is 8.86. The highest BCUT2D eigenvalue weighted by molar-refractivity contribution is 5.98. The average Bonchev–Trinajstić information content (AvgIpc) is 2.72. The zero-order valence-corrected chi connectivity index (χ0v) is 14.9. The third kappa shape index (κ3) is 5.05. The number of hydrogen-bond acceptors (Lipinski definition) is 3. The summed E-state index contributed by atoms with van der Waals surface area (Å²) in [5.74, 6) is 0. The van der Waals surface area contributed by atoms with Crippen molar-refractivity contribution in [3.05, 3.63) is 89.5 Å². The predicted octanol–water partition coefficient (Wildman–Crippen LogP) is 4.98. The molecule has 4 heteroatoms. The highest BCUT2D eigenvalue weighted by Gasteiger charge is 2.04. The van der Waals surface area contributed by atoms with Crippen molar-refractivity contribution >= 4 is 29.2 Å². The zero-order chi connectivity index (χ0) is 18.9. The third-order valence-corrected chi connectivity index (χ3v) is 4.21. The smallest absolute Gasteiger partial charge is 0.407 e. The van der Waals surface area contributed by atoms with Crippen molar-refractivity contribution in [3.63, 3.8) is 0 Å². The first-order chi connectivity index (χ1) is 13.3. The Morgan fingerprint density at radius 3 is 2.56 bits per heavy atom. The molecule has 0 atom stereocenters. The second-order valence-corrected chi connectivity index (χ2v) is 6.09. The molecule has 3 rings (SSSR count). The molecule has 27 heavy (non-hydrogen) atoms. The van der Waals surface area contributed by atoms with E-state index in [1.807, 2.05) is 78.9 Å². The van der Waals surface area contributed by atoms with Gasteiger partial charge in [0.05, 0.1) is 0 Å². The zero-order valence-electron chi connectivity index (χ0n) is 14.9. The molecule has 1 N–H and O–H groups in total. The predicted molar refractivity (Wildman–Crippen MR) is 108 cm³/mol. The van der Waals surface area contributed by atoms with Crippen molar-refractivity contribution < 1.29 is 14.3 Å². The maximum atomic E-state index is 11.7. The molecule has 3 aromatic rings. The van der Waals surface area contributed by atoms with E-state index in [0.717, 1.165) is 28.2 Å². The van der Waals surface area contributed by atoms with Gasteiger partial charge in [0.1, 0.15) is 6.61 Å². The van der Waals surface area contributed by atoms with Gasteiger partial charge in [0, 0.05) is 12.1 Å². The second kappa shape index (κ2) is 9.34. The van der Waals surface area contributed by atoms with Gasteiger partial charge in [-0.05, 0) is 28.3 Å². The molecule has 0 unspecified atom stereocenters. The van der Waals surface area contributed by atoms with Crippen LogP contribution >= 0.6 is 0 Å². The van der Waals surface area contributed by atoms with Crippen LogP contribution in [0.5, 0.6) is 0 Å². The molecule has 3 aromatic carbocycles. The Bertz CT molecular complexity index is 948. The van der Waals surface area contributed by atoms with Gasteiger partial charge in [-0.3, -0.25) is 4.79 Å². The van der Waals surface area contributed by atoms with Crippen LogP contribution in [0, 0.1) is 0 Å². The number of aldehydes is 1. The Labute approximate surface area is 158 Å². The molecular weight excluding hydrogens is 338 g/mol. The normalized spacial score (nSPS) is 10.8. The lowest BCUT2D eigenvalue weighted by molar-refractivity contribution is 0.112. The third-order valence-electron chi connectivity index (χ3n) is 4.21. The molecular formula is C23H21NO3. The van der Waals surface area contributed by atoms with Crippen LogP contribution in [0.2, 0.25) is 0 Å². The molecule has 1 amide bonds. The summed E-state index contributed by atoms with van der Waals surface area (Å²) in [6, 6.07) is 21.3. The highest BCUT2D eigenvalue weighted by Crippen LogP contribution is 2.23. The number of amides is 1. The molecule has 0 aliphatic carbocycles. The molecule has 0 aliphatic rings. The number of carbonyl (C=O) groups excluding carboxylic acids is 2. The van der Waals surface area contributed by atoms with E-state index in [0.29, 0.717) is 18.5 Å². The van der Waals surface area contributed by atoms with Gasteiger partial charge in [-0.15, -0.1) is 0 Å². The topological polar surface area (TPSA) is 55.4 Å². The Kier molecular flexibility index (Phi) is 6.36. The van der Waals surface area contributed by atoms with E-state index < -0.39 is 6.09 Å². The van der Waals surface area contributed by atoms with Gasteiger partial charge in [0.15, 0.2) is 6.29 Å². The van der Waals surface area contributed by atoms with Gasteiger partial charge < -0.3 is 10.1 Å². The summed E-state index contributed by atoms with van der Waals surface area (Å²) < 4.78 is 5.17. The molecule has 0 radical (unpaired) electrons. The Morgan fingerprint density at radius 1 is 0.963 bits per heavy atom. The van der Waals surface area contributed by atoms with Gasteiger partial charge in [-0.1, -0.05) is 78.9 Å². The summed E-state index contributed by atoms with van der Waals surface area (Å²) in [6.45, 7) is 0.715. The minimum atomic E-state index is -0.439. The highest BCUT2D eigenvalue weighted by atomic mass is 16.5. The molecule has 0 saturated carbocycles. The van der Waals surface area contributed by atoms with Crippen LogP contribution in [-0.4, -0.2) is 18.9 Å². The van der Waals surface area contributed by atoms with Crippen LogP contribution in [0.4, 0.5) is 4.79 Å². The lowest BCUT2D eigenvalue weighted by atomic mass is 9.99. The molecule has 0 spiro atoms. The molecule has 0 bridgehead atoms. The average molecular weight is 359 g/mol. The lowest BCUT2D eigenvalue weighted by Crippen LogP contribution is -2.24. The van der Waals surface area contributed by atoms with E-state index in [2.05, 4.69) is 5.32 Å². The van der Waals surface area contributed by atoms with E-state index in [1.165, 1.54) is 0 Å². The number of nitrogens with one attached hydrogen (secondary N) is 1. The summed E-state index contributed by atoms with van der Waals surface area (Å²) in [6.07, 6.45) is 4.95. The van der Waals surface area contributed by atoms with Crippen LogP contribution in [0.3, 0.4) is 0 Å². The van der Waals surface area contributed by atoms with E-state index in [9.17, 15) is 9.59 Å². The van der Waals surface area contributed by atoms with Crippen LogP contribution in [-0.2, 0) is 11.3 Å². The molecule has 0 heterocycles. The molecule has 4 nitrogen and oxygen atoms in total. The largest absolute Gasteiger partial charge is 0.445 e. The van der Waals surface area contributed by atoms with Crippen LogP contribution in [0.15, 0.2) is 72.8 Å². The standard InChI is InChI=1S/C23H21NO3/c25-16-20-14-13-19-10-4-5-11-21(19)22(20)12-6-7-15-24-23(26)27-17-18-8-2-1-3-9-18/h1-6,8-14,16H,7,15,17H2,(H,24,26). The van der Waals surface area contributed by atoms with Gasteiger partial charge in [-0.25, -0.2) is 4.79 Å². The summed E-state index contributed by atoms with van der Waals surface area (Å²) >= 11 is 0. The minimum absolute atomic E-state index is 0.251. The van der Waals surface area contributed by atoms with Crippen molar-refractivity contribution in [1.82, 2.24) is 5.32 Å². The van der Waals surface area contributed by atoms with Gasteiger partial charge in [0.2, 0.25) is 0 Å². The van der Waals surface area contributed by atoms with Gasteiger partial charge in [-0.2, -0.15) is 0 Å². The fourth-order valence-electron chi connectivity index (χ4n) is 2.83. The number of carbonyl (C=O) groups is 2.